The van der Waals surface area contributed by atoms with Crippen molar-refractivity contribution in [2.24, 2.45) is 0 Å². The number of benzene rings is 1. The Bertz CT molecular complexity index is 1350. The SMILES string of the molecule is O=C(Cn1nc2c(c1NC(=O)c1ccc(S(=O)(=O)N3CCOCC3)cc1)CSC2)NCc1ccco1. The normalized spacial score (nSPS) is 16.0. The first-order valence-electron chi connectivity index (χ1n) is 11.4. The van der Waals surface area contributed by atoms with Gasteiger partial charge in [-0.3, -0.25) is 9.59 Å². The Labute approximate surface area is 212 Å². The molecule has 2 aliphatic heterocycles. The third-order valence-corrected chi connectivity index (χ3v) is 8.79. The number of amides is 2. The zero-order chi connectivity index (χ0) is 25.1. The van der Waals surface area contributed by atoms with Gasteiger partial charge in [-0.1, -0.05) is 0 Å². The molecule has 0 atom stereocenters. The minimum absolute atomic E-state index is 0.0648. The van der Waals surface area contributed by atoms with Crippen LogP contribution in [0, 0.1) is 0 Å². The first kappa shape index (κ1) is 24.6. The summed E-state index contributed by atoms with van der Waals surface area (Å²) in [4.78, 5) is 25.7. The van der Waals surface area contributed by atoms with Crippen molar-refractivity contribution in [3.63, 3.8) is 0 Å². The molecule has 2 aliphatic rings. The molecule has 4 heterocycles. The van der Waals surface area contributed by atoms with Crippen molar-refractivity contribution in [1.29, 1.82) is 0 Å². The maximum atomic E-state index is 13.0. The van der Waals surface area contributed by atoms with Gasteiger partial charge in [0.25, 0.3) is 5.91 Å². The van der Waals surface area contributed by atoms with Crippen molar-refractivity contribution in [2.75, 3.05) is 31.6 Å². The lowest BCUT2D eigenvalue weighted by atomic mass is 10.2. The van der Waals surface area contributed by atoms with E-state index in [2.05, 4.69) is 15.7 Å². The molecule has 1 saturated heterocycles. The molecule has 2 aromatic heterocycles. The Kier molecular flexibility index (Phi) is 7.14. The van der Waals surface area contributed by atoms with Crippen LogP contribution in [0.2, 0.25) is 0 Å². The lowest BCUT2D eigenvalue weighted by Crippen LogP contribution is -2.40. The summed E-state index contributed by atoms with van der Waals surface area (Å²) in [5.41, 5.74) is 2.02. The summed E-state index contributed by atoms with van der Waals surface area (Å²) in [6.45, 7) is 1.50. The second-order valence-corrected chi connectivity index (χ2v) is 11.2. The number of hydrogen-bond donors (Lipinski definition) is 2. The van der Waals surface area contributed by atoms with Gasteiger partial charge >= 0.3 is 0 Å². The van der Waals surface area contributed by atoms with Gasteiger partial charge in [-0.15, -0.1) is 0 Å². The number of rotatable bonds is 8. The maximum Gasteiger partial charge on any atom is 0.256 e. The molecule has 1 fully saturated rings. The lowest BCUT2D eigenvalue weighted by molar-refractivity contribution is -0.122. The molecule has 0 spiro atoms. The van der Waals surface area contributed by atoms with Gasteiger partial charge in [0.1, 0.15) is 18.1 Å². The number of nitrogens with one attached hydrogen (secondary N) is 2. The fraction of sp³-hybridized carbons (Fsp3) is 0.348. The van der Waals surface area contributed by atoms with Gasteiger partial charge in [0, 0.05) is 35.7 Å². The number of carbonyl (C=O) groups excluding carboxylic acids is 2. The van der Waals surface area contributed by atoms with E-state index >= 15 is 0 Å². The van der Waals surface area contributed by atoms with E-state index in [9.17, 15) is 18.0 Å². The number of sulfonamides is 1. The molecule has 3 aromatic rings. The number of fused-ring (bicyclic) bond motifs is 1. The van der Waals surface area contributed by atoms with Crippen molar-refractivity contribution in [3.05, 3.63) is 65.2 Å². The first-order valence-corrected chi connectivity index (χ1v) is 14.0. The number of hydrogen-bond acceptors (Lipinski definition) is 8. The molecule has 13 heteroatoms. The number of morpholine rings is 1. The fourth-order valence-corrected chi connectivity index (χ4v) is 6.45. The molecule has 36 heavy (non-hydrogen) atoms. The van der Waals surface area contributed by atoms with Crippen molar-refractivity contribution in [3.8, 4) is 0 Å². The summed E-state index contributed by atoms with van der Waals surface area (Å²) in [5, 5.41) is 10.2. The van der Waals surface area contributed by atoms with Crippen LogP contribution in [0.3, 0.4) is 0 Å². The number of ether oxygens (including phenoxy) is 1. The number of furan rings is 1. The summed E-state index contributed by atoms with van der Waals surface area (Å²) in [6.07, 6.45) is 1.54. The topological polar surface area (TPSA) is 136 Å². The van der Waals surface area contributed by atoms with Crippen molar-refractivity contribution >= 4 is 39.4 Å². The number of aromatic nitrogens is 2. The zero-order valence-electron chi connectivity index (χ0n) is 19.3. The number of nitrogens with zero attached hydrogens (tertiary/aromatic N) is 3. The van der Waals surface area contributed by atoms with E-state index in [0.717, 1.165) is 11.3 Å². The molecular formula is C23H25N5O6S2. The van der Waals surface area contributed by atoms with Gasteiger partial charge in [0.05, 0.1) is 36.6 Å². The Hall–Kier alpha value is -3.13. The molecule has 11 nitrogen and oxygen atoms in total. The van der Waals surface area contributed by atoms with Crippen LogP contribution >= 0.6 is 11.8 Å². The lowest BCUT2D eigenvalue weighted by Gasteiger charge is -2.26. The van der Waals surface area contributed by atoms with E-state index < -0.39 is 15.9 Å². The van der Waals surface area contributed by atoms with Crippen LogP contribution in [0.5, 0.6) is 0 Å². The minimum atomic E-state index is -3.65. The fourth-order valence-electron chi connectivity index (χ4n) is 4.01. The van der Waals surface area contributed by atoms with E-state index in [0.29, 0.717) is 55.0 Å². The molecule has 1 aromatic carbocycles. The summed E-state index contributed by atoms with van der Waals surface area (Å²) >= 11 is 1.68. The van der Waals surface area contributed by atoms with Gasteiger partial charge in [0.2, 0.25) is 15.9 Å². The molecule has 0 saturated carbocycles. The molecular weight excluding hydrogens is 506 g/mol. The Morgan fingerprint density at radius 3 is 2.58 bits per heavy atom. The van der Waals surface area contributed by atoms with Crippen molar-refractivity contribution in [1.82, 2.24) is 19.4 Å². The third-order valence-electron chi connectivity index (χ3n) is 5.91. The largest absolute Gasteiger partial charge is 0.467 e. The number of carbonyl (C=O) groups is 2. The summed E-state index contributed by atoms with van der Waals surface area (Å²) in [6, 6.07) is 9.33. The second kappa shape index (κ2) is 10.5. The van der Waals surface area contributed by atoms with Gasteiger partial charge in [0.15, 0.2) is 0 Å². The van der Waals surface area contributed by atoms with Gasteiger partial charge in [-0.2, -0.15) is 21.2 Å². The van der Waals surface area contributed by atoms with E-state index in [1.165, 1.54) is 39.5 Å². The highest BCUT2D eigenvalue weighted by Crippen LogP contribution is 2.35. The average molecular weight is 532 g/mol. The van der Waals surface area contributed by atoms with Crippen LogP contribution in [0.4, 0.5) is 5.82 Å². The van der Waals surface area contributed by atoms with E-state index in [1.54, 1.807) is 23.9 Å². The predicted octanol–water partition coefficient (Wildman–Crippen LogP) is 1.81. The van der Waals surface area contributed by atoms with Crippen LogP contribution in [0.15, 0.2) is 52.0 Å². The summed E-state index contributed by atoms with van der Waals surface area (Å²) in [7, 11) is -3.65. The van der Waals surface area contributed by atoms with Crippen molar-refractivity contribution < 1.29 is 27.2 Å². The Morgan fingerprint density at radius 1 is 1.08 bits per heavy atom. The average Bonchev–Trinajstić information content (AvgIpc) is 3.63. The number of anilines is 1. The monoisotopic (exact) mass is 531 g/mol. The Morgan fingerprint density at radius 2 is 1.86 bits per heavy atom. The molecule has 0 bridgehead atoms. The van der Waals surface area contributed by atoms with Crippen LogP contribution in [-0.4, -0.2) is 60.6 Å². The molecule has 0 radical (unpaired) electrons. The Balaban J connectivity index is 1.29. The highest BCUT2D eigenvalue weighted by molar-refractivity contribution is 7.98. The van der Waals surface area contributed by atoms with Gasteiger partial charge in [-0.25, -0.2) is 13.1 Å². The van der Waals surface area contributed by atoms with Crippen LogP contribution < -0.4 is 10.6 Å². The van der Waals surface area contributed by atoms with Gasteiger partial charge < -0.3 is 19.8 Å². The maximum absolute atomic E-state index is 13.0. The standard InChI is InChI=1S/C23H25N5O6S2/c29-21(24-12-17-2-1-9-34-17)13-28-22(19-14-35-15-20(19)26-28)25-23(30)16-3-5-18(6-4-16)36(31,32)27-7-10-33-11-8-27/h1-6,9H,7-8,10-15H2,(H,24,29)(H,25,30). The predicted molar refractivity (Wildman–Crippen MR) is 132 cm³/mol. The minimum Gasteiger partial charge on any atom is -0.467 e. The van der Waals surface area contributed by atoms with E-state index in [4.69, 9.17) is 9.15 Å². The van der Waals surface area contributed by atoms with Crippen LogP contribution in [0.25, 0.3) is 0 Å². The molecule has 0 aliphatic carbocycles. The first-order chi connectivity index (χ1) is 17.4. The quantitative estimate of drug-likeness (QED) is 0.449. The highest BCUT2D eigenvalue weighted by atomic mass is 32.2. The molecule has 5 rings (SSSR count). The molecule has 190 valence electrons. The second-order valence-electron chi connectivity index (χ2n) is 8.28. The summed E-state index contributed by atoms with van der Waals surface area (Å²) < 4.78 is 39.0. The van der Waals surface area contributed by atoms with E-state index in [-0.39, 0.29) is 23.9 Å². The van der Waals surface area contributed by atoms with Crippen LogP contribution in [0.1, 0.15) is 27.4 Å². The molecule has 2 N–H and O–H groups in total. The smallest absolute Gasteiger partial charge is 0.256 e. The highest BCUT2D eigenvalue weighted by Gasteiger charge is 2.28. The van der Waals surface area contributed by atoms with Crippen molar-refractivity contribution in [2.45, 2.75) is 29.5 Å². The number of thioether (sulfide) groups is 1. The van der Waals surface area contributed by atoms with Gasteiger partial charge in [-0.05, 0) is 36.4 Å². The molecule has 0 unspecified atom stereocenters. The summed E-state index contributed by atoms with van der Waals surface area (Å²) in [5.74, 6) is 1.80. The third kappa shape index (κ3) is 5.19. The van der Waals surface area contributed by atoms with Crippen LogP contribution in [-0.2, 0) is 44.1 Å². The van der Waals surface area contributed by atoms with E-state index in [1.807, 2.05) is 0 Å². The zero-order valence-corrected chi connectivity index (χ0v) is 20.9. The molecule has 2 amide bonds.